The number of piperidine rings is 1. The lowest BCUT2D eigenvalue weighted by molar-refractivity contribution is -0.134. The summed E-state index contributed by atoms with van der Waals surface area (Å²) in [7, 11) is 0. The average molecular weight is 330 g/mol. The molecule has 1 fully saturated rings. The molecule has 0 aromatic carbocycles. The van der Waals surface area contributed by atoms with Crippen LogP contribution in [0.1, 0.15) is 29.3 Å². The molecule has 2 aromatic heterocycles. The molecule has 0 radical (unpaired) electrons. The molecule has 0 aliphatic carbocycles. The molecule has 0 unspecified atom stereocenters. The monoisotopic (exact) mass is 330 g/mol. The van der Waals surface area contributed by atoms with Crippen LogP contribution in [0.3, 0.4) is 0 Å². The number of carbonyl (C=O) groups is 1. The van der Waals surface area contributed by atoms with Crippen molar-refractivity contribution >= 4 is 17.2 Å². The van der Waals surface area contributed by atoms with Crippen molar-refractivity contribution in [2.45, 2.75) is 31.8 Å². The van der Waals surface area contributed by atoms with Crippen LogP contribution >= 0.6 is 11.3 Å². The maximum Gasteiger partial charge on any atom is 0.236 e. The van der Waals surface area contributed by atoms with Gasteiger partial charge in [-0.3, -0.25) is 9.69 Å². The van der Waals surface area contributed by atoms with Crippen molar-refractivity contribution in [2.75, 3.05) is 26.2 Å². The van der Waals surface area contributed by atoms with Gasteiger partial charge in [0.05, 0.1) is 18.9 Å². The van der Waals surface area contributed by atoms with E-state index >= 15 is 0 Å². The van der Waals surface area contributed by atoms with Gasteiger partial charge >= 0.3 is 0 Å². The summed E-state index contributed by atoms with van der Waals surface area (Å²) in [4.78, 5) is 22.6. The van der Waals surface area contributed by atoms with Crippen LogP contribution < -0.4 is 0 Å². The largest absolute Gasteiger partial charge is 0.340 e. The summed E-state index contributed by atoms with van der Waals surface area (Å²) in [5.41, 5.74) is 1.41. The number of nitrogens with zero attached hydrogens (tertiary/aromatic N) is 4. The highest BCUT2D eigenvalue weighted by molar-refractivity contribution is 7.10. The van der Waals surface area contributed by atoms with E-state index < -0.39 is 0 Å². The van der Waals surface area contributed by atoms with E-state index in [2.05, 4.69) is 25.9 Å². The molecule has 4 rings (SSSR count). The summed E-state index contributed by atoms with van der Waals surface area (Å²) in [6.45, 7) is 4.17. The van der Waals surface area contributed by atoms with Gasteiger partial charge in [0.15, 0.2) is 0 Å². The van der Waals surface area contributed by atoms with Crippen LogP contribution in [0.5, 0.6) is 0 Å². The third kappa shape index (κ3) is 3.19. The van der Waals surface area contributed by atoms with E-state index in [1.54, 1.807) is 0 Å². The van der Waals surface area contributed by atoms with Crippen LogP contribution in [0.4, 0.5) is 0 Å². The normalized spacial score (nSPS) is 22.1. The quantitative estimate of drug-likeness (QED) is 0.866. The number of thiophene rings is 1. The fraction of sp³-hybridized carbons (Fsp3) is 0.529. The van der Waals surface area contributed by atoms with Crippen LogP contribution in [-0.2, 0) is 17.8 Å². The summed E-state index contributed by atoms with van der Waals surface area (Å²) in [6.07, 6.45) is 8.96. The van der Waals surface area contributed by atoms with Crippen molar-refractivity contribution in [3.63, 3.8) is 0 Å². The van der Waals surface area contributed by atoms with Crippen LogP contribution in [0, 0.1) is 0 Å². The second-order valence-electron chi connectivity index (χ2n) is 6.48. The van der Waals surface area contributed by atoms with Gasteiger partial charge in [-0.2, -0.15) is 0 Å². The highest BCUT2D eigenvalue weighted by Crippen LogP contribution is 2.25. The predicted molar refractivity (Wildman–Crippen MR) is 90.4 cm³/mol. The van der Waals surface area contributed by atoms with Crippen molar-refractivity contribution in [1.29, 1.82) is 0 Å². The first-order chi connectivity index (χ1) is 11.3. The smallest absolute Gasteiger partial charge is 0.236 e. The topological polar surface area (TPSA) is 41.4 Å². The molecule has 2 aliphatic rings. The molecule has 5 nitrogen and oxygen atoms in total. The first-order valence-corrected chi connectivity index (χ1v) is 9.20. The fourth-order valence-corrected chi connectivity index (χ4v) is 4.53. The molecule has 23 heavy (non-hydrogen) atoms. The van der Waals surface area contributed by atoms with Gasteiger partial charge in [0.1, 0.15) is 0 Å². The van der Waals surface area contributed by atoms with Gasteiger partial charge in [-0.1, -0.05) is 0 Å². The van der Waals surface area contributed by atoms with Crippen LogP contribution in [0.25, 0.3) is 0 Å². The van der Waals surface area contributed by atoms with E-state index in [1.165, 1.54) is 10.4 Å². The van der Waals surface area contributed by atoms with Gasteiger partial charge in [-0.05, 0) is 36.3 Å². The fourth-order valence-electron chi connectivity index (χ4n) is 3.64. The number of carbonyl (C=O) groups excluding carboxylic acids is 1. The van der Waals surface area contributed by atoms with Crippen molar-refractivity contribution in [3.8, 4) is 0 Å². The highest BCUT2D eigenvalue weighted by atomic mass is 32.1. The number of hydrogen-bond acceptors (Lipinski definition) is 4. The molecule has 1 amide bonds. The number of aromatic nitrogens is 2. The summed E-state index contributed by atoms with van der Waals surface area (Å²) in [5.74, 6) is 0.272. The van der Waals surface area contributed by atoms with E-state index in [0.29, 0.717) is 12.6 Å². The van der Waals surface area contributed by atoms with Gasteiger partial charge in [-0.25, -0.2) is 4.98 Å². The van der Waals surface area contributed by atoms with E-state index in [1.807, 2.05) is 35.0 Å². The molecule has 122 valence electrons. The number of hydrogen-bond donors (Lipinski definition) is 0. The molecule has 4 heterocycles. The van der Waals surface area contributed by atoms with Gasteiger partial charge in [0.25, 0.3) is 0 Å². The van der Waals surface area contributed by atoms with Crippen molar-refractivity contribution in [2.24, 2.45) is 0 Å². The second kappa shape index (κ2) is 6.45. The molecule has 6 heteroatoms. The van der Waals surface area contributed by atoms with Crippen molar-refractivity contribution in [1.82, 2.24) is 19.4 Å². The molecule has 1 saturated heterocycles. The molecule has 1 atom stereocenters. The number of amides is 1. The minimum Gasteiger partial charge on any atom is -0.340 e. The Morgan fingerprint density at radius 2 is 2.35 bits per heavy atom. The Bertz CT molecular complexity index is 666. The SMILES string of the molecule is O=C(CN1CCc2sccc2C1)N1CCC[C@H](n2ccnc2)C1. The lowest BCUT2D eigenvalue weighted by Crippen LogP contribution is -2.46. The van der Waals surface area contributed by atoms with Crippen molar-refractivity contribution < 1.29 is 4.79 Å². The Morgan fingerprint density at radius 1 is 1.39 bits per heavy atom. The Balaban J connectivity index is 1.36. The Hall–Kier alpha value is -1.66. The van der Waals surface area contributed by atoms with Gasteiger partial charge < -0.3 is 9.47 Å². The van der Waals surface area contributed by atoms with E-state index in [-0.39, 0.29) is 5.91 Å². The third-order valence-electron chi connectivity index (χ3n) is 4.94. The average Bonchev–Trinajstić information content (AvgIpc) is 3.26. The first-order valence-electron chi connectivity index (χ1n) is 8.32. The molecule has 0 N–H and O–H groups in total. The van der Waals surface area contributed by atoms with Gasteiger partial charge in [-0.15, -0.1) is 11.3 Å². The molecule has 0 saturated carbocycles. The number of rotatable bonds is 3. The van der Waals surface area contributed by atoms with Gasteiger partial charge in [0, 0.05) is 43.4 Å². The minimum absolute atomic E-state index is 0.272. The van der Waals surface area contributed by atoms with Gasteiger partial charge in [0.2, 0.25) is 5.91 Å². The molecule has 0 spiro atoms. The minimum atomic E-state index is 0.272. The zero-order chi connectivity index (χ0) is 15.6. The van der Waals surface area contributed by atoms with E-state index in [9.17, 15) is 4.79 Å². The maximum absolute atomic E-state index is 12.7. The Kier molecular flexibility index (Phi) is 4.18. The molecule has 0 bridgehead atoms. The molecule has 2 aliphatic heterocycles. The highest BCUT2D eigenvalue weighted by Gasteiger charge is 2.26. The first kappa shape index (κ1) is 14.9. The van der Waals surface area contributed by atoms with Crippen LogP contribution in [0.2, 0.25) is 0 Å². The van der Waals surface area contributed by atoms with E-state index in [0.717, 1.165) is 45.4 Å². The maximum atomic E-state index is 12.7. The summed E-state index contributed by atoms with van der Waals surface area (Å²) < 4.78 is 2.14. The summed E-state index contributed by atoms with van der Waals surface area (Å²) in [5, 5.41) is 2.16. The molecular formula is C17H22N4OS. The Labute approximate surface area is 140 Å². The standard InChI is InChI=1S/C17H22N4OS/c22-17(12-19-7-3-16-14(10-19)4-9-23-16)20-6-1-2-15(11-20)21-8-5-18-13-21/h4-5,8-9,13,15H,1-3,6-7,10-12H2/t15-/m0/s1. The number of imidazole rings is 1. The molecule has 2 aromatic rings. The second-order valence-corrected chi connectivity index (χ2v) is 7.48. The lowest BCUT2D eigenvalue weighted by atomic mass is 10.1. The number of likely N-dealkylation sites (tertiary alicyclic amines) is 1. The third-order valence-corrected chi connectivity index (χ3v) is 5.96. The van der Waals surface area contributed by atoms with Crippen LogP contribution in [0.15, 0.2) is 30.2 Å². The molecular weight excluding hydrogens is 308 g/mol. The number of fused-ring (bicyclic) bond motifs is 1. The van der Waals surface area contributed by atoms with E-state index in [4.69, 9.17) is 0 Å². The zero-order valence-corrected chi connectivity index (χ0v) is 14.0. The summed E-state index contributed by atoms with van der Waals surface area (Å²) in [6, 6.07) is 2.58. The van der Waals surface area contributed by atoms with Crippen molar-refractivity contribution in [3.05, 3.63) is 40.6 Å². The predicted octanol–water partition coefficient (Wildman–Crippen LogP) is 2.17. The zero-order valence-electron chi connectivity index (χ0n) is 13.2. The lowest BCUT2D eigenvalue weighted by Gasteiger charge is -2.35. The van der Waals surface area contributed by atoms with Crippen LogP contribution in [-0.4, -0.2) is 51.4 Å². The Morgan fingerprint density at radius 3 is 3.22 bits per heavy atom. The summed E-state index contributed by atoms with van der Waals surface area (Å²) >= 11 is 1.84.